The van der Waals surface area contributed by atoms with Crippen LogP contribution in [0.1, 0.15) is 124 Å². The molecule has 0 bridgehead atoms. The van der Waals surface area contributed by atoms with Gasteiger partial charge in [-0.3, -0.25) is 4.79 Å². The molecule has 2 nitrogen and oxygen atoms in total. The second kappa shape index (κ2) is 18.7. The van der Waals surface area contributed by atoms with Gasteiger partial charge in [0.05, 0.1) is 0 Å². The molecule has 1 unspecified atom stereocenters. The highest BCUT2D eigenvalue weighted by atomic mass is 79.9. The first-order chi connectivity index (χ1) is 12.2. The van der Waals surface area contributed by atoms with Crippen LogP contribution in [0.4, 0.5) is 0 Å². The maximum absolute atomic E-state index is 12.2. The van der Waals surface area contributed by atoms with Crippen LogP contribution in [0, 0.1) is 0 Å². The molecular weight excluding hydrogens is 376 g/mol. The van der Waals surface area contributed by atoms with E-state index in [1.807, 2.05) is 0 Å². The number of rotatable bonds is 18. The number of hydrogen-bond acceptors (Lipinski definition) is 2. The lowest BCUT2D eigenvalue weighted by molar-refractivity contribution is -0.148. The molecule has 0 aromatic heterocycles. The van der Waals surface area contributed by atoms with Crippen molar-refractivity contribution >= 4 is 21.9 Å². The van der Waals surface area contributed by atoms with E-state index >= 15 is 0 Å². The monoisotopic (exact) mass is 418 g/mol. The summed E-state index contributed by atoms with van der Waals surface area (Å²) >= 11 is 3.51. The van der Waals surface area contributed by atoms with Crippen molar-refractivity contribution in [3.63, 3.8) is 0 Å². The molecule has 25 heavy (non-hydrogen) atoms. The van der Waals surface area contributed by atoms with Gasteiger partial charge in [-0.05, 0) is 25.7 Å². The van der Waals surface area contributed by atoms with E-state index in [1.165, 1.54) is 77.0 Å². The third-order valence-electron chi connectivity index (χ3n) is 4.93. The third-order valence-corrected chi connectivity index (χ3v) is 5.77. The van der Waals surface area contributed by atoms with Gasteiger partial charge < -0.3 is 4.74 Å². The first-order valence-electron chi connectivity index (χ1n) is 11.0. The number of hydrogen-bond donors (Lipinski definition) is 0. The molecule has 0 aliphatic rings. The van der Waals surface area contributed by atoms with Crippen molar-refractivity contribution in [2.45, 2.75) is 134 Å². The van der Waals surface area contributed by atoms with Gasteiger partial charge in [0, 0.05) is 0 Å². The molecule has 150 valence electrons. The quantitative estimate of drug-likeness (QED) is 0.128. The summed E-state index contributed by atoms with van der Waals surface area (Å²) < 4.78 is 5.70. The number of carbonyl (C=O) groups excluding carboxylic acids is 1. The summed E-state index contributed by atoms with van der Waals surface area (Å²) in [5.74, 6) is -0.0562. The molecule has 0 fully saturated rings. The fourth-order valence-electron chi connectivity index (χ4n) is 3.14. The summed E-state index contributed by atoms with van der Waals surface area (Å²) in [6, 6.07) is 0. The summed E-state index contributed by atoms with van der Waals surface area (Å²) in [6.45, 7) is 6.59. The minimum atomic E-state index is -0.124. The lowest BCUT2D eigenvalue weighted by Crippen LogP contribution is -2.24. The van der Waals surface area contributed by atoms with E-state index < -0.39 is 0 Å². The second-order valence-electron chi connectivity index (χ2n) is 7.40. The maximum atomic E-state index is 12.2. The van der Waals surface area contributed by atoms with Gasteiger partial charge in [-0.15, -0.1) is 0 Å². The summed E-state index contributed by atoms with van der Waals surface area (Å²) in [5, 5.41) is 0. The molecule has 0 saturated carbocycles. The van der Waals surface area contributed by atoms with E-state index in [1.54, 1.807) is 0 Å². The van der Waals surface area contributed by atoms with Crippen molar-refractivity contribution in [3.05, 3.63) is 0 Å². The van der Waals surface area contributed by atoms with Gasteiger partial charge in [0.25, 0.3) is 0 Å². The number of alkyl halides is 1. The van der Waals surface area contributed by atoms with Crippen LogP contribution < -0.4 is 0 Å². The Kier molecular flexibility index (Phi) is 18.7. The average molecular weight is 419 g/mol. The zero-order valence-electron chi connectivity index (χ0n) is 17.2. The maximum Gasteiger partial charge on any atom is 0.319 e. The fourth-order valence-corrected chi connectivity index (χ4v) is 3.57. The Bertz CT molecular complexity index is 294. The third kappa shape index (κ3) is 15.9. The zero-order chi connectivity index (χ0) is 18.8. The van der Waals surface area contributed by atoms with Gasteiger partial charge in [0.1, 0.15) is 10.9 Å². The minimum absolute atomic E-state index is 0.0562. The Morgan fingerprint density at radius 2 is 1.16 bits per heavy atom. The molecule has 0 amide bonds. The van der Waals surface area contributed by atoms with E-state index in [0.29, 0.717) is 0 Å². The summed E-state index contributed by atoms with van der Waals surface area (Å²) in [4.78, 5) is 12.0. The Labute approximate surface area is 166 Å². The first kappa shape index (κ1) is 24.9. The highest BCUT2D eigenvalue weighted by Gasteiger charge is 2.19. The molecule has 0 rings (SSSR count). The number of ether oxygens (including phenoxy) is 1. The number of carbonyl (C=O) groups is 1. The van der Waals surface area contributed by atoms with E-state index in [4.69, 9.17) is 4.74 Å². The molecule has 0 aromatic carbocycles. The molecule has 0 N–H and O–H groups in total. The Morgan fingerprint density at radius 1 is 0.720 bits per heavy atom. The van der Waals surface area contributed by atoms with Crippen LogP contribution in [0.2, 0.25) is 0 Å². The predicted molar refractivity (Wildman–Crippen MR) is 113 cm³/mol. The van der Waals surface area contributed by atoms with E-state index in [0.717, 1.165) is 25.7 Å². The number of unbranched alkanes of at least 4 members (excludes halogenated alkanes) is 11. The molecular formula is C22H43BrO2. The Hall–Kier alpha value is -0.0500. The summed E-state index contributed by atoms with van der Waals surface area (Å²) in [5.41, 5.74) is 0. The molecule has 0 heterocycles. The summed E-state index contributed by atoms with van der Waals surface area (Å²) in [6.07, 6.45) is 19.8. The highest BCUT2D eigenvalue weighted by molar-refractivity contribution is 9.10. The van der Waals surface area contributed by atoms with Gasteiger partial charge >= 0.3 is 5.97 Å². The van der Waals surface area contributed by atoms with Crippen molar-refractivity contribution < 1.29 is 9.53 Å². The molecule has 3 heteroatoms. The highest BCUT2D eigenvalue weighted by Crippen LogP contribution is 2.18. The van der Waals surface area contributed by atoms with Gasteiger partial charge in [0.15, 0.2) is 0 Å². The van der Waals surface area contributed by atoms with Gasteiger partial charge in [-0.25, -0.2) is 0 Å². The molecule has 2 atom stereocenters. The van der Waals surface area contributed by atoms with E-state index in [2.05, 4.69) is 36.7 Å². The van der Waals surface area contributed by atoms with Gasteiger partial charge in [-0.1, -0.05) is 114 Å². The largest absolute Gasteiger partial charge is 0.462 e. The molecule has 0 radical (unpaired) electrons. The van der Waals surface area contributed by atoms with Crippen LogP contribution in [0.15, 0.2) is 0 Å². The normalized spacial score (nSPS) is 13.6. The van der Waals surface area contributed by atoms with Crippen molar-refractivity contribution in [2.24, 2.45) is 0 Å². The molecule has 0 aliphatic heterocycles. The first-order valence-corrected chi connectivity index (χ1v) is 11.9. The lowest BCUT2D eigenvalue weighted by atomic mass is 10.0. The smallest absolute Gasteiger partial charge is 0.319 e. The second-order valence-corrected chi connectivity index (χ2v) is 8.51. The number of halogens is 1. The van der Waals surface area contributed by atoms with Crippen LogP contribution >= 0.6 is 15.9 Å². The molecule has 0 aliphatic carbocycles. The van der Waals surface area contributed by atoms with E-state index in [-0.39, 0.29) is 16.9 Å². The minimum Gasteiger partial charge on any atom is -0.462 e. The molecule has 0 aromatic rings. The number of esters is 1. The Balaban J connectivity index is 3.67. The van der Waals surface area contributed by atoms with Crippen LogP contribution in [0.25, 0.3) is 0 Å². The van der Waals surface area contributed by atoms with Crippen molar-refractivity contribution in [2.75, 3.05) is 0 Å². The lowest BCUT2D eigenvalue weighted by Gasteiger charge is -2.18. The standard InChI is InChI=1S/C22H43BrO2/c1-4-7-9-11-12-13-14-15-16-18-20(6-3)25-22(24)21(23)19-17-10-8-5-2/h20-21H,4-19H2,1-3H3/t20-,21?/m0/s1. The molecule has 0 saturated heterocycles. The fraction of sp³-hybridized carbons (Fsp3) is 0.955. The summed E-state index contributed by atoms with van der Waals surface area (Å²) in [7, 11) is 0. The van der Waals surface area contributed by atoms with Gasteiger partial charge in [-0.2, -0.15) is 0 Å². The SMILES string of the molecule is CCCCCCCCCCC[C@H](CC)OC(=O)C(Br)CCCCCC. The zero-order valence-corrected chi connectivity index (χ0v) is 18.7. The average Bonchev–Trinajstić information content (AvgIpc) is 2.62. The molecule has 0 spiro atoms. The van der Waals surface area contributed by atoms with Crippen molar-refractivity contribution in [1.29, 1.82) is 0 Å². The van der Waals surface area contributed by atoms with Crippen molar-refractivity contribution in [3.8, 4) is 0 Å². The van der Waals surface area contributed by atoms with Crippen LogP contribution in [-0.4, -0.2) is 16.9 Å². The Morgan fingerprint density at radius 3 is 1.68 bits per heavy atom. The predicted octanol–water partition coefficient (Wildman–Crippen LogP) is 7.96. The van der Waals surface area contributed by atoms with Gasteiger partial charge in [0.2, 0.25) is 0 Å². The van der Waals surface area contributed by atoms with E-state index in [9.17, 15) is 4.79 Å². The topological polar surface area (TPSA) is 26.3 Å². The van der Waals surface area contributed by atoms with Crippen LogP contribution in [0.3, 0.4) is 0 Å². The van der Waals surface area contributed by atoms with Crippen LogP contribution in [0.5, 0.6) is 0 Å². The van der Waals surface area contributed by atoms with Crippen molar-refractivity contribution in [1.82, 2.24) is 0 Å². The van der Waals surface area contributed by atoms with Crippen LogP contribution in [-0.2, 0) is 9.53 Å².